The van der Waals surface area contributed by atoms with Gasteiger partial charge in [-0.25, -0.2) is 9.97 Å². The van der Waals surface area contributed by atoms with Crippen LogP contribution in [0.25, 0.3) is 11.4 Å². The molecule has 2 aromatic heterocycles. The predicted octanol–water partition coefficient (Wildman–Crippen LogP) is 3.05. The first-order valence-corrected chi connectivity index (χ1v) is 7.89. The molecule has 0 amide bonds. The highest BCUT2D eigenvalue weighted by atomic mass is 16.1. The summed E-state index contributed by atoms with van der Waals surface area (Å²) < 4.78 is 0. The Kier molecular flexibility index (Phi) is 3.96. The van der Waals surface area contributed by atoms with E-state index in [9.17, 15) is 4.79 Å². The zero-order chi connectivity index (χ0) is 15.7. The van der Waals surface area contributed by atoms with Crippen molar-refractivity contribution in [2.75, 3.05) is 5.32 Å². The SMILES string of the molecule is CCCC1CC1Nc1ccc(-c2nc(C)c(C)c(=O)[nH]2)cn1. The van der Waals surface area contributed by atoms with Gasteiger partial charge in [0.2, 0.25) is 0 Å². The molecule has 0 radical (unpaired) electrons. The minimum atomic E-state index is -0.0925. The lowest BCUT2D eigenvalue weighted by molar-refractivity contribution is 0.692. The molecule has 5 heteroatoms. The van der Waals surface area contributed by atoms with Gasteiger partial charge in [-0.15, -0.1) is 0 Å². The van der Waals surface area contributed by atoms with Crippen molar-refractivity contribution >= 4 is 5.82 Å². The molecule has 2 unspecified atom stereocenters. The number of nitrogens with zero attached hydrogens (tertiary/aromatic N) is 2. The molecule has 2 heterocycles. The Morgan fingerprint density at radius 2 is 2.18 bits per heavy atom. The van der Waals surface area contributed by atoms with Gasteiger partial charge >= 0.3 is 0 Å². The Hall–Kier alpha value is -2.17. The third kappa shape index (κ3) is 3.03. The molecule has 0 aliphatic heterocycles. The molecule has 0 aromatic carbocycles. The summed E-state index contributed by atoms with van der Waals surface area (Å²) in [7, 11) is 0. The van der Waals surface area contributed by atoms with Crippen LogP contribution in [0.5, 0.6) is 0 Å². The Labute approximate surface area is 130 Å². The standard InChI is InChI=1S/C17H22N4O/c1-4-5-12-8-14(12)20-15-7-6-13(9-18-15)16-19-11(3)10(2)17(22)21-16/h6-7,9,12,14H,4-5,8H2,1-3H3,(H,18,20)(H,19,21,22). The zero-order valence-corrected chi connectivity index (χ0v) is 13.3. The fraction of sp³-hybridized carbons (Fsp3) is 0.471. The third-order valence-electron chi connectivity index (χ3n) is 4.35. The normalized spacial score (nSPS) is 20.0. The average Bonchev–Trinajstić information content (AvgIpc) is 3.23. The second kappa shape index (κ2) is 5.91. The first-order chi connectivity index (χ1) is 10.6. The summed E-state index contributed by atoms with van der Waals surface area (Å²) in [6, 6.07) is 4.46. The smallest absolute Gasteiger partial charge is 0.254 e. The number of hydrogen-bond acceptors (Lipinski definition) is 4. The number of anilines is 1. The highest BCUT2D eigenvalue weighted by Gasteiger charge is 2.35. The van der Waals surface area contributed by atoms with E-state index in [-0.39, 0.29) is 5.56 Å². The fourth-order valence-electron chi connectivity index (χ4n) is 2.71. The summed E-state index contributed by atoms with van der Waals surface area (Å²) in [5.41, 5.74) is 2.14. The van der Waals surface area contributed by atoms with Crippen LogP contribution in [-0.2, 0) is 0 Å². The van der Waals surface area contributed by atoms with Gasteiger partial charge in [-0.05, 0) is 44.7 Å². The van der Waals surface area contributed by atoms with Gasteiger partial charge in [0.15, 0.2) is 0 Å². The Bertz CT molecular complexity index is 720. The number of aromatic amines is 1. The van der Waals surface area contributed by atoms with Crippen molar-refractivity contribution in [2.45, 2.75) is 46.1 Å². The largest absolute Gasteiger partial charge is 0.367 e. The molecule has 1 aliphatic rings. The molecule has 0 bridgehead atoms. The second-order valence-electron chi connectivity index (χ2n) is 6.09. The number of hydrogen-bond donors (Lipinski definition) is 2. The van der Waals surface area contributed by atoms with Gasteiger partial charge in [-0.1, -0.05) is 13.3 Å². The molecular weight excluding hydrogens is 276 g/mol. The van der Waals surface area contributed by atoms with Crippen molar-refractivity contribution in [3.05, 3.63) is 39.9 Å². The molecule has 3 rings (SSSR count). The number of nitrogens with one attached hydrogen (secondary N) is 2. The maximum absolute atomic E-state index is 11.8. The molecule has 2 aromatic rings. The van der Waals surface area contributed by atoms with E-state index in [4.69, 9.17) is 0 Å². The summed E-state index contributed by atoms with van der Waals surface area (Å²) in [6.45, 7) is 5.84. The van der Waals surface area contributed by atoms with Crippen molar-refractivity contribution in [3.8, 4) is 11.4 Å². The maximum Gasteiger partial charge on any atom is 0.254 e. The van der Waals surface area contributed by atoms with Gasteiger partial charge in [0.1, 0.15) is 11.6 Å². The molecule has 22 heavy (non-hydrogen) atoms. The number of H-pyrrole nitrogens is 1. The van der Waals surface area contributed by atoms with E-state index in [0.717, 1.165) is 23.0 Å². The maximum atomic E-state index is 11.8. The third-order valence-corrected chi connectivity index (χ3v) is 4.35. The minimum Gasteiger partial charge on any atom is -0.367 e. The van der Waals surface area contributed by atoms with E-state index in [1.54, 1.807) is 13.1 Å². The highest BCUT2D eigenvalue weighted by molar-refractivity contribution is 5.56. The topological polar surface area (TPSA) is 70.7 Å². The molecule has 2 atom stereocenters. The first kappa shape index (κ1) is 14.8. The van der Waals surface area contributed by atoms with Gasteiger partial charge in [0.05, 0.1) is 0 Å². The molecule has 1 saturated carbocycles. The predicted molar refractivity (Wildman–Crippen MR) is 88.0 cm³/mol. The second-order valence-corrected chi connectivity index (χ2v) is 6.09. The lowest BCUT2D eigenvalue weighted by Gasteiger charge is -2.07. The van der Waals surface area contributed by atoms with Crippen LogP contribution in [0.1, 0.15) is 37.4 Å². The van der Waals surface area contributed by atoms with Crippen LogP contribution in [-0.4, -0.2) is 21.0 Å². The van der Waals surface area contributed by atoms with Crippen molar-refractivity contribution in [1.29, 1.82) is 0 Å². The molecule has 0 spiro atoms. The molecular formula is C17H22N4O. The van der Waals surface area contributed by atoms with Crippen LogP contribution in [0.15, 0.2) is 23.1 Å². The van der Waals surface area contributed by atoms with E-state index >= 15 is 0 Å². The average molecular weight is 298 g/mol. The first-order valence-electron chi connectivity index (χ1n) is 7.89. The van der Waals surface area contributed by atoms with Crippen LogP contribution in [0.4, 0.5) is 5.82 Å². The quantitative estimate of drug-likeness (QED) is 0.890. The van der Waals surface area contributed by atoms with Crippen LogP contribution >= 0.6 is 0 Å². The number of aromatic nitrogens is 3. The highest BCUT2D eigenvalue weighted by Crippen LogP contribution is 2.36. The summed E-state index contributed by atoms with van der Waals surface area (Å²) in [5.74, 6) is 2.25. The fourth-order valence-corrected chi connectivity index (χ4v) is 2.71. The number of pyridine rings is 1. The van der Waals surface area contributed by atoms with Crippen LogP contribution in [0.3, 0.4) is 0 Å². The molecule has 0 saturated heterocycles. The van der Waals surface area contributed by atoms with Crippen LogP contribution < -0.4 is 10.9 Å². The number of aryl methyl sites for hydroxylation is 1. The monoisotopic (exact) mass is 298 g/mol. The van der Waals surface area contributed by atoms with E-state index in [1.165, 1.54) is 19.3 Å². The van der Waals surface area contributed by atoms with Gasteiger partial charge < -0.3 is 10.3 Å². The van der Waals surface area contributed by atoms with Gasteiger partial charge in [-0.3, -0.25) is 4.79 Å². The molecule has 116 valence electrons. The van der Waals surface area contributed by atoms with Gasteiger partial charge in [0, 0.05) is 29.1 Å². The van der Waals surface area contributed by atoms with E-state index in [1.807, 2.05) is 19.1 Å². The minimum absolute atomic E-state index is 0.0925. The summed E-state index contributed by atoms with van der Waals surface area (Å²) in [5, 5.41) is 3.46. The lowest BCUT2D eigenvalue weighted by atomic mass is 10.2. The number of rotatable bonds is 5. The van der Waals surface area contributed by atoms with Crippen molar-refractivity contribution < 1.29 is 0 Å². The molecule has 1 fully saturated rings. The van der Waals surface area contributed by atoms with Gasteiger partial charge in [0.25, 0.3) is 5.56 Å². The van der Waals surface area contributed by atoms with Crippen LogP contribution in [0.2, 0.25) is 0 Å². The van der Waals surface area contributed by atoms with Crippen molar-refractivity contribution in [2.24, 2.45) is 5.92 Å². The Morgan fingerprint density at radius 3 is 2.82 bits per heavy atom. The summed E-state index contributed by atoms with van der Waals surface area (Å²) in [6.07, 6.45) is 5.51. The van der Waals surface area contributed by atoms with E-state index < -0.39 is 0 Å². The Balaban J connectivity index is 1.73. The summed E-state index contributed by atoms with van der Waals surface area (Å²) in [4.78, 5) is 23.5. The Morgan fingerprint density at radius 1 is 1.36 bits per heavy atom. The molecule has 2 N–H and O–H groups in total. The van der Waals surface area contributed by atoms with Crippen LogP contribution in [0, 0.1) is 19.8 Å². The molecule has 1 aliphatic carbocycles. The van der Waals surface area contributed by atoms with E-state index in [0.29, 0.717) is 17.4 Å². The van der Waals surface area contributed by atoms with Gasteiger partial charge in [-0.2, -0.15) is 0 Å². The van der Waals surface area contributed by atoms with Crippen molar-refractivity contribution in [1.82, 2.24) is 15.0 Å². The summed E-state index contributed by atoms with van der Waals surface area (Å²) >= 11 is 0. The van der Waals surface area contributed by atoms with Crippen molar-refractivity contribution in [3.63, 3.8) is 0 Å². The lowest BCUT2D eigenvalue weighted by Crippen LogP contribution is -2.14. The van der Waals surface area contributed by atoms with E-state index in [2.05, 4.69) is 27.2 Å². The molecule has 5 nitrogen and oxygen atoms in total. The zero-order valence-electron chi connectivity index (χ0n) is 13.3.